The number of hydrogen-bond donors (Lipinski definition) is 3. The van der Waals surface area contributed by atoms with Crippen LogP contribution in [0.15, 0.2) is 36.4 Å². The van der Waals surface area contributed by atoms with E-state index in [0.717, 1.165) is 29.2 Å². The average Bonchev–Trinajstić information content (AvgIpc) is 2.35. The predicted octanol–water partition coefficient (Wildman–Crippen LogP) is 2.74. The minimum absolute atomic E-state index is 0. The Morgan fingerprint density at radius 1 is 1.06 bits per heavy atom. The molecular formula is C14H18ClNO2. The monoisotopic (exact) mass is 267 g/mol. The van der Waals surface area contributed by atoms with Crippen molar-refractivity contribution in [3.63, 3.8) is 0 Å². The summed E-state index contributed by atoms with van der Waals surface area (Å²) in [6.07, 6.45) is 1.49. The van der Waals surface area contributed by atoms with Crippen molar-refractivity contribution in [1.29, 1.82) is 0 Å². The van der Waals surface area contributed by atoms with Gasteiger partial charge in [-0.25, -0.2) is 0 Å². The number of halogens is 1. The Hall–Kier alpha value is -1.29. The second-order valence-corrected chi connectivity index (χ2v) is 4.26. The van der Waals surface area contributed by atoms with Crippen molar-refractivity contribution in [2.45, 2.75) is 18.9 Å². The molecule has 18 heavy (non-hydrogen) atoms. The van der Waals surface area contributed by atoms with Crippen LogP contribution in [0.5, 0.6) is 5.75 Å². The van der Waals surface area contributed by atoms with Crippen LogP contribution in [-0.4, -0.2) is 16.8 Å². The lowest BCUT2D eigenvalue weighted by atomic mass is 9.99. The number of rotatable bonds is 4. The highest BCUT2D eigenvalue weighted by molar-refractivity contribution is 5.85. The third-order valence-electron chi connectivity index (χ3n) is 2.95. The Kier molecular flexibility index (Phi) is 5.41. The summed E-state index contributed by atoms with van der Waals surface area (Å²) in [5.41, 5.74) is 7.11. The van der Waals surface area contributed by atoms with Gasteiger partial charge in [0.1, 0.15) is 5.75 Å². The largest absolute Gasteiger partial charge is 0.508 e. The highest BCUT2D eigenvalue weighted by atomic mass is 35.5. The van der Waals surface area contributed by atoms with Gasteiger partial charge in [-0.3, -0.25) is 0 Å². The zero-order valence-corrected chi connectivity index (χ0v) is 10.9. The SMILES string of the molecule is Cl.N[C@H](CCCO)c1ccc2cc(O)ccc2c1. The molecule has 3 nitrogen and oxygen atoms in total. The zero-order chi connectivity index (χ0) is 12.3. The summed E-state index contributed by atoms with van der Waals surface area (Å²) in [5.74, 6) is 0.273. The molecule has 4 N–H and O–H groups in total. The molecule has 2 rings (SSSR count). The lowest BCUT2D eigenvalue weighted by Gasteiger charge is -2.12. The molecule has 0 fully saturated rings. The highest BCUT2D eigenvalue weighted by Gasteiger charge is 2.06. The first-order valence-corrected chi connectivity index (χ1v) is 5.80. The summed E-state index contributed by atoms with van der Waals surface area (Å²) < 4.78 is 0. The predicted molar refractivity (Wildman–Crippen MR) is 76.1 cm³/mol. The van der Waals surface area contributed by atoms with Crippen molar-refractivity contribution in [1.82, 2.24) is 0 Å². The molecule has 0 aliphatic carbocycles. The van der Waals surface area contributed by atoms with Crippen molar-refractivity contribution < 1.29 is 10.2 Å². The van der Waals surface area contributed by atoms with Gasteiger partial charge in [-0.1, -0.05) is 18.2 Å². The Bertz CT molecular complexity index is 516. The number of aromatic hydroxyl groups is 1. The Morgan fingerprint density at radius 2 is 1.72 bits per heavy atom. The molecule has 2 aromatic carbocycles. The molecule has 0 heterocycles. The van der Waals surface area contributed by atoms with E-state index in [2.05, 4.69) is 0 Å². The first kappa shape index (κ1) is 14.8. The number of phenolic OH excluding ortho intramolecular Hbond substituents is 1. The molecule has 0 radical (unpaired) electrons. The number of hydrogen-bond acceptors (Lipinski definition) is 3. The maximum atomic E-state index is 9.37. The molecule has 0 aliphatic heterocycles. The molecule has 0 spiro atoms. The standard InChI is InChI=1S/C14H17NO2.ClH/c15-14(2-1-7-16)12-4-3-11-9-13(17)6-5-10(11)8-12;/h3-6,8-9,14,16-17H,1-2,7,15H2;1H/t14-;/m1./s1. The average molecular weight is 268 g/mol. The van der Waals surface area contributed by atoms with E-state index >= 15 is 0 Å². The van der Waals surface area contributed by atoms with Gasteiger partial charge in [-0.2, -0.15) is 0 Å². The molecule has 98 valence electrons. The number of aliphatic hydroxyl groups excluding tert-OH is 1. The Morgan fingerprint density at radius 3 is 2.44 bits per heavy atom. The lowest BCUT2D eigenvalue weighted by Crippen LogP contribution is -2.10. The molecule has 0 amide bonds. The fraction of sp³-hybridized carbons (Fsp3) is 0.286. The maximum Gasteiger partial charge on any atom is 0.116 e. The van der Waals surface area contributed by atoms with Gasteiger partial charge in [0, 0.05) is 12.6 Å². The van der Waals surface area contributed by atoms with Gasteiger partial charge >= 0.3 is 0 Å². The van der Waals surface area contributed by atoms with Crippen LogP contribution in [0.3, 0.4) is 0 Å². The van der Waals surface area contributed by atoms with Crippen LogP contribution in [0.4, 0.5) is 0 Å². The van der Waals surface area contributed by atoms with Gasteiger partial charge in [-0.15, -0.1) is 12.4 Å². The van der Waals surface area contributed by atoms with Crippen molar-refractivity contribution in [3.8, 4) is 5.75 Å². The molecule has 0 bridgehead atoms. The van der Waals surface area contributed by atoms with Crippen LogP contribution in [0, 0.1) is 0 Å². The van der Waals surface area contributed by atoms with Crippen molar-refractivity contribution in [3.05, 3.63) is 42.0 Å². The van der Waals surface area contributed by atoms with Crippen molar-refractivity contribution in [2.75, 3.05) is 6.61 Å². The Labute approximate surface area is 113 Å². The molecular weight excluding hydrogens is 250 g/mol. The zero-order valence-electron chi connectivity index (χ0n) is 10.0. The Balaban J connectivity index is 0.00000162. The van der Waals surface area contributed by atoms with E-state index in [1.807, 2.05) is 24.3 Å². The van der Waals surface area contributed by atoms with Gasteiger partial charge in [0.25, 0.3) is 0 Å². The summed E-state index contributed by atoms with van der Waals surface area (Å²) in [6.45, 7) is 0.176. The van der Waals surface area contributed by atoms with Crippen LogP contribution in [0.2, 0.25) is 0 Å². The van der Waals surface area contributed by atoms with Crippen molar-refractivity contribution >= 4 is 23.2 Å². The van der Waals surface area contributed by atoms with Gasteiger partial charge < -0.3 is 15.9 Å². The molecule has 2 aromatic rings. The van der Waals surface area contributed by atoms with Crippen LogP contribution in [0.25, 0.3) is 10.8 Å². The first-order chi connectivity index (χ1) is 8.20. The lowest BCUT2D eigenvalue weighted by molar-refractivity contribution is 0.280. The number of phenols is 1. The second-order valence-electron chi connectivity index (χ2n) is 4.26. The summed E-state index contributed by atoms with van der Waals surface area (Å²) in [5, 5.41) is 20.2. The summed E-state index contributed by atoms with van der Waals surface area (Å²) in [6, 6.07) is 11.2. The number of nitrogens with two attached hydrogens (primary N) is 1. The molecule has 0 aliphatic rings. The van der Waals surface area contributed by atoms with Gasteiger partial charge in [0.15, 0.2) is 0 Å². The molecule has 0 saturated heterocycles. The molecule has 0 saturated carbocycles. The first-order valence-electron chi connectivity index (χ1n) is 5.80. The van der Waals surface area contributed by atoms with E-state index in [1.165, 1.54) is 0 Å². The van der Waals surface area contributed by atoms with Gasteiger partial charge in [0.2, 0.25) is 0 Å². The number of fused-ring (bicyclic) bond motifs is 1. The smallest absolute Gasteiger partial charge is 0.116 e. The molecule has 1 atom stereocenters. The number of benzene rings is 2. The summed E-state index contributed by atoms with van der Waals surface area (Å²) in [4.78, 5) is 0. The van der Waals surface area contributed by atoms with E-state index < -0.39 is 0 Å². The number of aliphatic hydroxyl groups is 1. The van der Waals surface area contributed by atoms with E-state index in [4.69, 9.17) is 10.8 Å². The molecule has 0 aromatic heterocycles. The fourth-order valence-electron chi connectivity index (χ4n) is 1.96. The fourth-order valence-corrected chi connectivity index (χ4v) is 1.96. The highest BCUT2D eigenvalue weighted by Crippen LogP contribution is 2.24. The third-order valence-corrected chi connectivity index (χ3v) is 2.95. The summed E-state index contributed by atoms with van der Waals surface area (Å²) in [7, 11) is 0. The third kappa shape index (κ3) is 3.35. The van der Waals surface area contributed by atoms with E-state index in [-0.39, 0.29) is 30.8 Å². The van der Waals surface area contributed by atoms with Crippen LogP contribution in [-0.2, 0) is 0 Å². The second kappa shape index (κ2) is 6.59. The van der Waals surface area contributed by atoms with E-state index in [9.17, 15) is 5.11 Å². The van der Waals surface area contributed by atoms with Crippen molar-refractivity contribution in [2.24, 2.45) is 5.73 Å². The maximum absolute atomic E-state index is 9.37. The van der Waals surface area contributed by atoms with Crippen LogP contribution < -0.4 is 5.73 Å². The van der Waals surface area contributed by atoms with Crippen LogP contribution in [0.1, 0.15) is 24.4 Å². The topological polar surface area (TPSA) is 66.5 Å². The quantitative estimate of drug-likeness (QED) is 0.798. The summed E-state index contributed by atoms with van der Waals surface area (Å²) >= 11 is 0. The van der Waals surface area contributed by atoms with Crippen LogP contribution >= 0.6 is 12.4 Å². The van der Waals surface area contributed by atoms with E-state index in [0.29, 0.717) is 0 Å². The minimum atomic E-state index is -0.0413. The van der Waals surface area contributed by atoms with E-state index in [1.54, 1.807) is 12.1 Å². The van der Waals surface area contributed by atoms with Gasteiger partial charge in [0.05, 0.1) is 0 Å². The molecule has 0 unspecified atom stereocenters. The van der Waals surface area contributed by atoms with Gasteiger partial charge in [-0.05, 0) is 47.4 Å². The molecule has 4 heteroatoms. The minimum Gasteiger partial charge on any atom is -0.508 e. The normalized spacial score (nSPS) is 12.1.